The molecule has 0 aromatic carbocycles. The lowest BCUT2D eigenvalue weighted by molar-refractivity contribution is -0.126. The van der Waals surface area contributed by atoms with Gasteiger partial charge in [-0.3, -0.25) is 14.6 Å². The summed E-state index contributed by atoms with van der Waals surface area (Å²) in [5, 5.41) is 2.71. The van der Waals surface area contributed by atoms with Crippen molar-refractivity contribution in [2.45, 2.75) is 19.5 Å². The molecule has 1 amide bonds. The van der Waals surface area contributed by atoms with Gasteiger partial charge in [0.25, 0.3) is 0 Å². The van der Waals surface area contributed by atoms with Crippen LogP contribution in [0, 0.1) is 0 Å². The average Bonchev–Trinajstić information content (AvgIpc) is 2.83. The molecule has 1 aliphatic heterocycles. The van der Waals surface area contributed by atoms with Gasteiger partial charge >= 0.3 is 0 Å². The lowest BCUT2D eigenvalue weighted by Crippen LogP contribution is -2.53. The molecule has 0 saturated carbocycles. The molecule has 4 nitrogen and oxygen atoms in total. The molecule has 0 bridgehead atoms. The second-order valence-corrected chi connectivity index (χ2v) is 6.61. The Hall–Kier alpha value is -0.620. The van der Waals surface area contributed by atoms with Crippen LogP contribution < -0.4 is 5.32 Å². The van der Waals surface area contributed by atoms with E-state index in [4.69, 9.17) is 11.6 Å². The Morgan fingerprint density at radius 1 is 1.42 bits per heavy atom. The monoisotopic (exact) mass is 301 g/mol. The van der Waals surface area contributed by atoms with E-state index in [1.807, 2.05) is 13.0 Å². The van der Waals surface area contributed by atoms with Crippen molar-refractivity contribution in [3.05, 3.63) is 21.3 Å². The Kier molecular flexibility index (Phi) is 5.21. The topological polar surface area (TPSA) is 35.6 Å². The van der Waals surface area contributed by atoms with Crippen LogP contribution in [0.1, 0.15) is 11.8 Å². The molecule has 0 aliphatic carbocycles. The third-order valence-electron chi connectivity index (χ3n) is 3.59. The van der Waals surface area contributed by atoms with E-state index in [1.54, 1.807) is 18.4 Å². The number of rotatable bonds is 4. The molecule has 0 radical (unpaired) electrons. The lowest BCUT2D eigenvalue weighted by Gasteiger charge is -2.37. The predicted octanol–water partition coefficient (Wildman–Crippen LogP) is 1.65. The first kappa shape index (κ1) is 14.8. The van der Waals surface area contributed by atoms with Crippen LogP contribution in [0.5, 0.6) is 0 Å². The third kappa shape index (κ3) is 3.92. The third-order valence-corrected chi connectivity index (χ3v) is 4.80. The number of nitrogens with zero attached hydrogens (tertiary/aromatic N) is 2. The number of amides is 1. The van der Waals surface area contributed by atoms with Gasteiger partial charge in [-0.05, 0) is 19.1 Å². The Balaban J connectivity index is 1.80. The van der Waals surface area contributed by atoms with E-state index in [0.717, 1.165) is 37.1 Å². The predicted molar refractivity (Wildman–Crippen MR) is 79.7 cm³/mol. The molecule has 1 aliphatic rings. The zero-order valence-electron chi connectivity index (χ0n) is 11.4. The van der Waals surface area contributed by atoms with Gasteiger partial charge in [-0.25, -0.2) is 0 Å². The summed E-state index contributed by atoms with van der Waals surface area (Å²) < 4.78 is 0.849. The summed E-state index contributed by atoms with van der Waals surface area (Å²) >= 11 is 7.58. The second-order valence-electron chi connectivity index (χ2n) is 4.81. The van der Waals surface area contributed by atoms with E-state index in [2.05, 4.69) is 21.2 Å². The van der Waals surface area contributed by atoms with Crippen LogP contribution in [0.4, 0.5) is 0 Å². The molecule has 0 unspecified atom stereocenters. The fraction of sp³-hybridized carbons (Fsp3) is 0.615. The minimum Gasteiger partial charge on any atom is -0.358 e. The quantitative estimate of drug-likeness (QED) is 0.918. The smallest absolute Gasteiger partial charge is 0.236 e. The van der Waals surface area contributed by atoms with E-state index < -0.39 is 0 Å². The summed E-state index contributed by atoms with van der Waals surface area (Å²) in [7, 11) is 1.69. The Morgan fingerprint density at radius 2 is 2.11 bits per heavy atom. The maximum atomic E-state index is 11.6. The maximum absolute atomic E-state index is 11.6. The van der Waals surface area contributed by atoms with Crippen molar-refractivity contribution in [3.8, 4) is 0 Å². The summed E-state index contributed by atoms with van der Waals surface area (Å²) in [4.78, 5) is 17.6. The number of piperazine rings is 1. The number of carbonyl (C=O) groups is 1. The highest BCUT2D eigenvalue weighted by Gasteiger charge is 2.24. The van der Waals surface area contributed by atoms with E-state index in [-0.39, 0.29) is 11.9 Å². The van der Waals surface area contributed by atoms with Crippen LogP contribution in [-0.2, 0) is 11.3 Å². The summed E-state index contributed by atoms with van der Waals surface area (Å²) in [5.74, 6) is 0.0958. The van der Waals surface area contributed by atoms with Crippen LogP contribution >= 0.6 is 22.9 Å². The minimum absolute atomic E-state index is 0.0386. The molecule has 1 N–H and O–H groups in total. The zero-order valence-corrected chi connectivity index (χ0v) is 12.9. The van der Waals surface area contributed by atoms with E-state index in [0.29, 0.717) is 0 Å². The van der Waals surface area contributed by atoms with E-state index in [1.165, 1.54) is 4.88 Å². The Morgan fingerprint density at radius 3 is 2.63 bits per heavy atom. The van der Waals surface area contributed by atoms with Gasteiger partial charge in [-0.1, -0.05) is 11.6 Å². The van der Waals surface area contributed by atoms with Gasteiger partial charge in [0.15, 0.2) is 0 Å². The largest absolute Gasteiger partial charge is 0.358 e. The minimum atomic E-state index is -0.0386. The number of nitrogens with one attached hydrogen (secondary N) is 1. The van der Waals surface area contributed by atoms with Crippen molar-refractivity contribution in [2.24, 2.45) is 0 Å². The molecule has 0 spiro atoms. The molecule has 1 atom stereocenters. The molecule has 2 heterocycles. The second kappa shape index (κ2) is 6.70. The number of likely N-dealkylation sites (N-methyl/N-ethyl adjacent to an activating group) is 1. The number of thiophene rings is 1. The average molecular weight is 302 g/mol. The lowest BCUT2D eigenvalue weighted by atomic mass is 10.2. The van der Waals surface area contributed by atoms with Crippen molar-refractivity contribution in [1.29, 1.82) is 0 Å². The summed E-state index contributed by atoms with van der Waals surface area (Å²) in [6.07, 6.45) is 0. The molecule has 1 saturated heterocycles. The van der Waals surface area contributed by atoms with Crippen LogP contribution in [0.2, 0.25) is 4.34 Å². The van der Waals surface area contributed by atoms with Crippen LogP contribution in [0.3, 0.4) is 0 Å². The number of carbonyl (C=O) groups excluding carboxylic acids is 1. The van der Waals surface area contributed by atoms with Gasteiger partial charge in [0.1, 0.15) is 0 Å². The van der Waals surface area contributed by atoms with Crippen LogP contribution in [0.15, 0.2) is 12.1 Å². The standard InChI is InChI=1S/C13H20ClN3OS/c1-10(13(18)15-2)17-7-5-16(6-8-17)9-11-3-4-12(14)19-11/h3-4,10H,5-9H2,1-2H3,(H,15,18)/t10-/m0/s1. The number of halogens is 1. The van der Waals surface area contributed by atoms with Crippen molar-refractivity contribution in [3.63, 3.8) is 0 Å². The van der Waals surface area contributed by atoms with Crippen LogP contribution in [-0.4, -0.2) is 55.0 Å². The summed E-state index contributed by atoms with van der Waals surface area (Å²) in [5.41, 5.74) is 0. The highest BCUT2D eigenvalue weighted by Crippen LogP contribution is 2.23. The normalized spacial score (nSPS) is 19.3. The van der Waals surface area contributed by atoms with Gasteiger partial charge < -0.3 is 5.32 Å². The van der Waals surface area contributed by atoms with Gasteiger partial charge in [0, 0.05) is 44.6 Å². The number of hydrogen-bond donors (Lipinski definition) is 1. The Labute approximate surface area is 123 Å². The molecule has 2 rings (SSSR count). The van der Waals surface area contributed by atoms with Gasteiger partial charge in [0.2, 0.25) is 5.91 Å². The SMILES string of the molecule is CNC(=O)[C@H](C)N1CCN(Cc2ccc(Cl)s2)CC1. The van der Waals surface area contributed by atoms with Gasteiger partial charge in [-0.15, -0.1) is 11.3 Å². The highest BCUT2D eigenvalue weighted by atomic mass is 35.5. The molecule has 19 heavy (non-hydrogen) atoms. The van der Waals surface area contributed by atoms with Crippen molar-refractivity contribution in [2.75, 3.05) is 33.2 Å². The molecular weight excluding hydrogens is 282 g/mol. The molecule has 6 heteroatoms. The maximum Gasteiger partial charge on any atom is 0.236 e. The van der Waals surface area contributed by atoms with Gasteiger partial charge in [0.05, 0.1) is 10.4 Å². The molecule has 106 valence electrons. The van der Waals surface area contributed by atoms with Crippen LogP contribution in [0.25, 0.3) is 0 Å². The Bertz CT molecular complexity index is 429. The first-order valence-electron chi connectivity index (χ1n) is 6.52. The molecule has 1 aromatic heterocycles. The summed E-state index contributed by atoms with van der Waals surface area (Å²) in [6.45, 7) is 6.79. The van der Waals surface area contributed by atoms with Gasteiger partial charge in [-0.2, -0.15) is 0 Å². The zero-order chi connectivity index (χ0) is 13.8. The fourth-order valence-corrected chi connectivity index (χ4v) is 3.47. The first-order chi connectivity index (χ1) is 9.10. The summed E-state index contributed by atoms with van der Waals surface area (Å²) in [6, 6.07) is 4.00. The molecular formula is C13H20ClN3OS. The fourth-order valence-electron chi connectivity index (χ4n) is 2.34. The molecule has 1 aromatic rings. The van der Waals surface area contributed by atoms with Crippen molar-refractivity contribution < 1.29 is 4.79 Å². The molecule has 1 fully saturated rings. The highest BCUT2D eigenvalue weighted by molar-refractivity contribution is 7.16. The van der Waals surface area contributed by atoms with E-state index in [9.17, 15) is 4.79 Å². The number of hydrogen-bond acceptors (Lipinski definition) is 4. The van der Waals surface area contributed by atoms with E-state index >= 15 is 0 Å². The van der Waals surface area contributed by atoms with Crippen molar-refractivity contribution in [1.82, 2.24) is 15.1 Å². The first-order valence-corrected chi connectivity index (χ1v) is 7.72. The van der Waals surface area contributed by atoms with Crippen molar-refractivity contribution >= 4 is 28.8 Å².